The van der Waals surface area contributed by atoms with Crippen molar-refractivity contribution in [2.24, 2.45) is 5.92 Å². The third-order valence-corrected chi connectivity index (χ3v) is 6.38. The van der Waals surface area contributed by atoms with E-state index in [0.717, 1.165) is 25.9 Å². The molecule has 2 aliphatic rings. The number of hydrogen-bond donors (Lipinski definition) is 1. The fraction of sp³-hybridized carbons (Fsp3) is 0.455. The highest BCUT2D eigenvalue weighted by molar-refractivity contribution is 5.96. The summed E-state index contributed by atoms with van der Waals surface area (Å²) in [7, 11) is 0. The molecule has 8 nitrogen and oxygen atoms in total. The second-order valence-electron chi connectivity index (χ2n) is 8.56. The summed E-state index contributed by atoms with van der Waals surface area (Å²) >= 11 is 0. The smallest absolute Gasteiger partial charge is 0.370 e. The van der Waals surface area contributed by atoms with Gasteiger partial charge in [0, 0.05) is 32.1 Å². The Bertz CT molecular complexity index is 1200. The van der Waals surface area contributed by atoms with Crippen LogP contribution in [0.3, 0.4) is 0 Å². The molecular formula is C22H23F4N7O. The van der Waals surface area contributed by atoms with Gasteiger partial charge in [0.15, 0.2) is 5.65 Å². The molecule has 1 amide bonds. The molecule has 5 rings (SSSR count). The average Bonchev–Trinajstić information content (AvgIpc) is 3.50. The van der Waals surface area contributed by atoms with Gasteiger partial charge in [-0.15, -0.1) is 15.3 Å². The zero-order valence-corrected chi connectivity index (χ0v) is 18.2. The van der Waals surface area contributed by atoms with Crippen molar-refractivity contribution >= 4 is 28.7 Å². The first-order valence-electron chi connectivity index (χ1n) is 11.2. The van der Waals surface area contributed by atoms with Crippen molar-refractivity contribution in [2.75, 3.05) is 41.3 Å². The Morgan fingerprint density at radius 2 is 1.71 bits per heavy atom. The van der Waals surface area contributed by atoms with Crippen LogP contribution in [-0.2, 0) is 11.0 Å². The summed E-state index contributed by atoms with van der Waals surface area (Å²) in [5.74, 6) is -1.90. The minimum absolute atomic E-state index is 0.00373. The molecule has 0 radical (unpaired) electrons. The second kappa shape index (κ2) is 8.73. The van der Waals surface area contributed by atoms with Crippen LogP contribution in [0.25, 0.3) is 5.65 Å². The maximum atomic E-state index is 14.6. The molecular weight excluding hydrogens is 454 g/mol. The fourth-order valence-corrected chi connectivity index (χ4v) is 4.58. The quantitative estimate of drug-likeness (QED) is 0.577. The molecule has 180 valence electrons. The normalized spacial score (nSPS) is 17.5. The number of alkyl halides is 3. The van der Waals surface area contributed by atoms with Gasteiger partial charge in [-0.1, -0.05) is 6.07 Å². The number of nitrogens with one attached hydrogen (secondary N) is 1. The number of amides is 1. The Balaban J connectivity index is 1.27. The van der Waals surface area contributed by atoms with Crippen molar-refractivity contribution in [2.45, 2.75) is 31.9 Å². The van der Waals surface area contributed by atoms with Gasteiger partial charge in [0.05, 0.1) is 5.69 Å². The maximum absolute atomic E-state index is 14.6. The summed E-state index contributed by atoms with van der Waals surface area (Å²) in [6.07, 6.45) is -1.68. The molecule has 2 fully saturated rings. The molecule has 0 spiro atoms. The van der Waals surface area contributed by atoms with E-state index in [1.54, 1.807) is 12.1 Å². The standard InChI is InChI=1S/C22H23F4N7O/c23-15-4-3-5-16(31-10-1-2-11-31)19(15)27-20(34)14-8-12-32(13-9-14)18-7-6-17-28-29-21(22(24,25)26)33(17)30-18/h3-7,14H,1-2,8-13H2,(H,27,34). The number of benzene rings is 1. The van der Waals surface area contributed by atoms with Crippen LogP contribution in [0.4, 0.5) is 34.8 Å². The first-order chi connectivity index (χ1) is 16.3. The zero-order valence-electron chi connectivity index (χ0n) is 18.2. The number of nitrogens with zero attached hydrogens (tertiary/aromatic N) is 6. The lowest BCUT2D eigenvalue weighted by Gasteiger charge is -2.32. The van der Waals surface area contributed by atoms with E-state index in [1.807, 2.05) is 11.0 Å². The number of para-hydroxylation sites is 1. The van der Waals surface area contributed by atoms with Crippen LogP contribution in [0.1, 0.15) is 31.5 Å². The Hall–Kier alpha value is -3.44. The van der Waals surface area contributed by atoms with E-state index in [-0.39, 0.29) is 23.2 Å². The van der Waals surface area contributed by atoms with Crippen LogP contribution < -0.4 is 15.1 Å². The molecule has 1 N–H and O–H groups in total. The van der Waals surface area contributed by atoms with Crippen molar-refractivity contribution in [1.82, 2.24) is 19.8 Å². The number of hydrogen-bond acceptors (Lipinski definition) is 6. The molecule has 0 aliphatic carbocycles. The first-order valence-corrected chi connectivity index (χ1v) is 11.2. The lowest BCUT2D eigenvalue weighted by molar-refractivity contribution is -0.146. The van der Waals surface area contributed by atoms with Gasteiger partial charge in [0.25, 0.3) is 5.82 Å². The molecule has 2 saturated heterocycles. The van der Waals surface area contributed by atoms with Gasteiger partial charge in [-0.05, 0) is 49.9 Å². The van der Waals surface area contributed by atoms with Gasteiger partial charge in [-0.2, -0.15) is 17.7 Å². The largest absolute Gasteiger partial charge is 0.453 e. The minimum Gasteiger partial charge on any atom is -0.370 e. The van der Waals surface area contributed by atoms with Gasteiger partial charge >= 0.3 is 6.18 Å². The maximum Gasteiger partial charge on any atom is 0.453 e. The fourth-order valence-electron chi connectivity index (χ4n) is 4.58. The van der Waals surface area contributed by atoms with E-state index in [0.29, 0.717) is 42.0 Å². The highest BCUT2D eigenvalue weighted by atomic mass is 19.4. The molecule has 2 aliphatic heterocycles. The molecule has 1 aromatic carbocycles. The summed E-state index contributed by atoms with van der Waals surface area (Å²) in [5.41, 5.74) is 0.899. The van der Waals surface area contributed by atoms with Crippen LogP contribution in [0, 0.1) is 11.7 Å². The number of piperidine rings is 1. The van der Waals surface area contributed by atoms with Gasteiger partial charge in [0.1, 0.15) is 17.3 Å². The third-order valence-electron chi connectivity index (χ3n) is 6.38. The number of aromatic nitrogens is 4. The molecule has 0 atom stereocenters. The third kappa shape index (κ3) is 4.24. The van der Waals surface area contributed by atoms with Gasteiger partial charge in [-0.25, -0.2) is 4.39 Å². The summed E-state index contributed by atoms with van der Waals surface area (Å²) in [6, 6.07) is 7.81. The zero-order chi connectivity index (χ0) is 23.9. The molecule has 34 heavy (non-hydrogen) atoms. The molecule has 12 heteroatoms. The van der Waals surface area contributed by atoms with E-state index in [9.17, 15) is 22.4 Å². The topological polar surface area (TPSA) is 78.7 Å². The van der Waals surface area contributed by atoms with Crippen molar-refractivity contribution in [1.29, 1.82) is 0 Å². The van der Waals surface area contributed by atoms with Gasteiger partial charge in [0.2, 0.25) is 5.91 Å². The highest BCUT2D eigenvalue weighted by Crippen LogP contribution is 2.33. The van der Waals surface area contributed by atoms with E-state index in [1.165, 1.54) is 12.1 Å². The minimum atomic E-state index is -4.67. The van der Waals surface area contributed by atoms with Crippen molar-refractivity contribution < 1.29 is 22.4 Å². The Kier molecular flexibility index (Phi) is 5.74. The Morgan fingerprint density at radius 3 is 2.41 bits per heavy atom. The van der Waals surface area contributed by atoms with Gasteiger partial charge in [-0.3, -0.25) is 4.79 Å². The van der Waals surface area contributed by atoms with Crippen molar-refractivity contribution in [3.63, 3.8) is 0 Å². The van der Waals surface area contributed by atoms with Crippen LogP contribution >= 0.6 is 0 Å². The van der Waals surface area contributed by atoms with Crippen LogP contribution in [0.15, 0.2) is 30.3 Å². The number of rotatable bonds is 4. The summed E-state index contributed by atoms with van der Waals surface area (Å²) < 4.78 is 54.7. The summed E-state index contributed by atoms with van der Waals surface area (Å²) in [5, 5.41) is 13.6. The number of carbonyl (C=O) groups is 1. The molecule has 4 heterocycles. The van der Waals surface area contributed by atoms with Crippen LogP contribution in [0.5, 0.6) is 0 Å². The Labute approximate surface area is 192 Å². The van der Waals surface area contributed by atoms with E-state index >= 15 is 0 Å². The molecule has 2 aromatic heterocycles. The number of anilines is 3. The van der Waals surface area contributed by atoms with E-state index < -0.39 is 17.8 Å². The lowest BCUT2D eigenvalue weighted by Crippen LogP contribution is -2.39. The number of carbonyl (C=O) groups excluding carboxylic acids is 1. The second-order valence-corrected chi connectivity index (χ2v) is 8.56. The van der Waals surface area contributed by atoms with Crippen molar-refractivity contribution in [3.8, 4) is 0 Å². The monoisotopic (exact) mass is 477 g/mol. The Morgan fingerprint density at radius 1 is 0.971 bits per heavy atom. The van der Waals surface area contributed by atoms with Crippen molar-refractivity contribution in [3.05, 3.63) is 42.0 Å². The highest BCUT2D eigenvalue weighted by Gasteiger charge is 2.38. The van der Waals surface area contributed by atoms with Crippen LogP contribution in [0.2, 0.25) is 0 Å². The lowest BCUT2D eigenvalue weighted by atomic mass is 9.95. The van der Waals surface area contributed by atoms with Crippen LogP contribution in [-0.4, -0.2) is 51.9 Å². The molecule has 0 saturated carbocycles. The average molecular weight is 477 g/mol. The molecule has 0 bridgehead atoms. The number of halogens is 4. The first kappa shape index (κ1) is 22.4. The predicted octanol–water partition coefficient (Wildman–Crippen LogP) is 3.74. The summed E-state index contributed by atoms with van der Waals surface area (Å²) in [6.45, 7) is 2.50. The summed E-state index contributed by atoms with van der Waals surface area (Å²) in [4.78, 5) is 16.8. The molecule has 3 aromatic rings. The van der Waals surface area contributed by atoms with E-state index in [2.05, 4.69) is 25.5 Å². The molecule has 0 unspecified atom stereocenters. The van der Waals surface area contributed by atoms with Gasteiger partial charge < -0.3 is 15.1 Å². The van der Waals surface area contributed by atoms with E-state index in [4.69, 9.17) is 0 Å². The SMILES string of the molecule is O=C(Nc1c(F)cccc1N1CCCC1)C1CCN(c2ccc3nnc(C(F)(F)F)n3n2)CC1. The number of fused-ring (bicyclic) bond motifs is 1. The predicted molar refractivity (Wildman–Crippen MR) is 117 cm³/mol.